The zero-order valence-electron chi connectivity index (χ0n) is 14.5. The molecule has 0 radical (unpaired) electrons. The van der Waals surface area contributed by atoms with Crippen LogP contribution >= 0.6 is 34.8 Å². The predicted octanol–water partition coefficient (Wildman–Crippen LogP) is 2.84. The second-order valence-corrected chi connectivity index (χ2v) is 7.56. The maximum absolute atomic E-state index is 13.0. The van der Waals surface area contributed by atoms with Crippen LogP contribution in [0.2, 0.25) is 15.1 Å². The van der Waals surface area contributed by atoms with E-state index in [0.717, 1.165) is 0 Å². The molecule has 2 heterocycles. The highest BCUT2D eigenvalue weighted by Gasteiger charge is 2.54. The number of aliphatic imine (C=N–C) groups is 1. The maximum Gasteiger partial charge on any atom is 0.253 e. The van der Waals surface area contributed by atoms with E-state index in [9.17, 15) is 9.59 Å². The minimum Gasteiger partial charge on any atom is -0.367 e. The number of nitrogens with zero attached hydrogens (tertiary/aromatic N) is 2. The smallest absolute Gasteiger partial charge is 0.253 e. The van der Waals surface area contributed by atoms with Crippen molar-refractivity contribution >= 4 is 69.7 Å². The number of aromatic amines is 1. The van der Waals surface area contributed by atoms with Gasteiger partial charge in [0.25, 0.3) is 11.8 Å². The lowest BCUT2D eigenvalue weighted by Gasteiger charge is -2.28. The molecule has 29 heavy (non-hydrogen) atoms. The summed E-state index contributed by atoms with van der Waals surface area (Å²) in [5.41, 5.74) is 5.51. The van der Waals surface area contributed by atoms with E-state index in [1.165, 1.54) is 18.5 Å². The SMILES string of the molecule is NC(=O)C1(c2nc3ccccc3[nH]2)NC=NC1C(=O)Nc1cc(Cl)c(Cl)cc1Cl. The number of amides is 2. The maximum atomic E-state index is 13.0. The van der Waals surface area contributed by atoms with E-state index in [1.807, 2.05) is 6.07 Å². The molecule has 5 N–H and O–H groups in total. The van der Waals surface area contributed by atoms with Gasteiger partial charge in [0.1, 0.15) is 5.82 Å². The lowest BCUT2D eigenvalue weighted by atomic mass is 9.89. The Morgan fingerprint density at radius 3 is 2.55 bits per heavy atom. The van der Waals surface area contributed by atoms with E-state index in [1.54, 1.807) is 18.2 Å². The lowest BCUT2D eigenvalue weighted by molar-refractivity contribution is -0.129. The van der Waals surface area contributed by atoms with Gasteiger partial charge >= 0.3 is 0 Å². The second kappa shape index (κ2) is 7.22. The van der Waals surface area contributed by atoms with E-state index >= 15 is 0 Å². The third-order valence-corrected chi connectivity index (χ3v) is 5.63. The second-order valence-electron chi connectivity index (χ2n) is 6.34. The summed E-state index contributed by atoms with van der Waals surface area (Å²) in [7, 11) is 0. The zero-order valence-corrected chi connectivity index (χ0v) is 16.8. The average Bonchev–Trinajstić information content (AvgIpc) is 3.30. The molecular formula is C18H13Cl3N6O2. The van der Waals surface area contributed by atoms with Crippen LogP contribution in [0, 0.1) is 0 Å². The van der Waals surface area contributed by atoms with Crippen molar-refractivity contribution in [2.45, 2.75) is 11.6 Å². The monoisotopic (exact) mass is 450 g/mol. The first-order valence-corrected chi connectivity index (χ1v) is 9.46. The summed E-state index contributed by atoms with van der Waals surface area (Å²) in [4.78, 5) is 37.1. The number of rotatable bonds is 4. The number of aromatic nitrogens is 2. The van der Waals surface area contributed by atoms with Gasteiger partial charge in [-0.3, -0.25) is 14.6 Å². The third kappa shape index (κ3) is 3.19. The van der Waals surface area contributed by atoms with Crippen molar-refractivity contribution in [3.8, 4) is 0 Å². The van der Waals surface area contributed by atoms with E-state index in [4.69, 9.17) is 40.5 Å². The van der Waals surface area contributed by atoms with Crippen LogP contribution in [0.3, 0.4) is 0 Å². The van der Waals surface area contributed by atoms with E-state index in [2.05, 4.69) is 25.6 Å². The number of fused-ring (bicyclic) bond motifs is 1. The molecule has 1 aliphatic rings. The van der Waals surface area contributed by atoms with E-state index in [-0.39, 0.29) is 26.6 Å². The van der Waals surface area contributed by atoms with Gasteiger partial charge in [0.05, 0.1) is 38.1 Å². The van der Waals surface area contributed by atoms with Crippen molar-refractivity contribution in [3.05, 3.63) is 57.3 Å². The first-order valence-electron chi connectivity index (χ1n) is 8.33. The van der Waals surface area contributed by atoms with Gasteiger partial charge < -0.3 is 21.4 Å². The number of nitrogens with one attached hydrogen (secondary N) is 3. The fourth-order valence-corrected chi connectivity index (χ4v) is 3.74. The van der Waals surface area contributed by atoms with Crippen molar-refractivity contribution in [2.24, 2.45) is 10.7 Å². The van der Waals surface area contributed by atoms with Crippen LogP contribution in [0.15, 0.2) is 41.4 Å². The molecule has 2 atom stereocenters. The largest absolute Gasteiger partial charge is 0.367 e. The molecule has 0 fully saturated rings. The van der Waals surface area contributed by atoms with E-state index in [0.29, 0.717) is 11.0 Å². The van der Waals surface area contributed by atoms with Crippen molar-refractivity contribution in [1.29, 1.82) is 0 Å². The molecule has 1 aliphatic heterocycles. The molecule has 0 saturated carbocycles. The highest BCUT2D eigenvalue weighted by molar-refractivity contribution is 6.44. The van der Waals surface area contributed by atoms with Crippen LogP contribution < -0.4 is 16.4 Å². The van der Waals surface area contributed by atoms with Gasteiger partial charge in [0.15, 0.2) is 6.04 Å². The van der Waals surface area contributed by atoms with Gasteiger partial charge in [-0.05, 0) is 24.3 Å². The summed E-state index contributed by atoms with van der Waals surface area (Å²) in [6, 6.07) is 8.74. The summed E-state index contributed by atoms with van der Waals surface area (Å²) >= 11 is 18.1. The van der Waals surface area contributed by atoms with Gasteiger partial charge in [-0.1, -0.05) is 46.9 Å². The van der Waals surface area contributed by atoms with Crippen LogP contribution in [0.5, 0.6) is 0 Å². The summed E-state index contributed by atoms with van der Waals surface area (Å²) in [5, 5.41) is 6.04. The number of anilines is 1. The first-order chi connectivity index (χ1) is 13.8. The number of carbonyl (C=O) groups is 2. The number of halogens is 3. The number of para-hydroxylation sites is 2. The lowest BCUT2D eigenvalue weighted by Crippen LogP contribution is -2.59. The van der Waals surface area contributed by atoms with Gasteiger partial charge in [-0.15, -0.1) is 0 Å². The molecular weight excluding hydrogens is 439 g/mol. The number of benzene rings is 2. The highest BCUT2D eigenvalue weighted by Crippen LogP contribution is 2.34. The van der Waals surface area contributed by atoms with Gasteiger partial charge in [0, 0.05) is 0 Å². The quantitative estimate of drug-likeness (QED) is 0.455. The molecule has 148 valence electrons. The average molecular weight is 452 g/mol. The summed E-state index contributed by atoms with van der Waals surface area (Å²) < 4.78 is 0. The van der Waals surface area contributed by atoms with Crippen molar-refractivity contribution in [1.82, 2.24) is 15.3 Å². The molecule has 4 rings (SSSR count). The molecule has 2 amide bonds. The zero-order chi connectivity index (χ0) is 20.8. The number of primary amides is 1. The number of hydrogen-bond donors (Lipinski definition) is 4. The Kier molecular flexibility index (Phi) is 4.85. The summed E-state index contributed by atoms with van der Waals surface area (Å²) in [6.07, 6.45) is 1.25. The number of carbonyl (C=O) groups excluding carboxylic acids is 2. The molecule has 0 bridgehead atoms. The fourth-order valence-electron chi connectivity index (χ4n) is 3.15. The number of imidazole rings is 1. The topological polar surface area (TPSA) is 125 Å². The molecule has 1 aromatic heterocycles. The fraction of sp³-hybridized carbons (Fsp3) is 0.111. The van der Waals surface area contributed by atoms with E-state index < -0.39 is 23.4 Å². The molecule has 0 aliphatic carbocycles. The summed E-state index contributed by atoms with van der Waals surface area (Å²) in [6.45, 7) is 0. The first kappa shape index (κ1) is 19.5. The van der Waals surface area contributed by atoms with Crippen molar-refractivity contribution in [3.63, 3.8) is 0 Å². The van der Waals surface area contributed by atoms with Crippen LogP contribution in [0.4, 0.5) is 5.69 Å². The number of hydrogen-bond acceptors (Lipinski definition) is 5. The number of nitrogens with two attached hydrogens (primary N) is 1. The molecule has 3 aromatic rings. The van der Waals surface area contributed by atoms with Crippen LogP contribution in [0.1, 0.15) is 5.82 Å². The molecule has 11 heteroatoms. The molecule has 2 aromatic carbocycles. The Morgan fingerprint density at radius 1 is 1.10 bits per heavy atom. The van der Waals surface area contributed by atoms with Gasteiger partial charge in [-0.25, -0.2) is 4.98 Å². The normalized spacial score (nSPS) is 20.6. The van der Waals surface area contributed by atoms with Gasteiger partial charge in [0.2, 0.25) is 5.54 Å². The molecule has 2 unspecified atom stereocenters. The standard InChI is InChI=1S/C18H13Cl3N6O2/c19-8-5-10(21)13(6-9(8)20)25-15(28)14-18(16(22)29,24-7-23-14)17-26-11-3-1-2-4-12(11)27-17/h1-7,14H,(H2,22,29)(H,23,24)(H,25,28)(H,26,27). The van der Waals surface area contributed by atoms with Crippen LogP contribution in [-0.4, -0.2) is 34.2 Å². The van der Waals surface area contributed by atoms with Crippen molar-refractivity contribution in [2.75, 3.05) is 5.32 Å². The Hall–Kier alpha value is -2.81. The molecule has 8 nitrogen and oxygen atoms in total. The third-order valence-electron chi connectivity index (χ3n) is 4.59. The molecule has 0 spiro atoms. The molecule has 0 saturated heterocycles. The van der Waals surface area contributed by atoms with Crippen molar-refractivity contribution < 1.29 is 9.59 Å². The number of H-pyrrole nitrogens is 1. The van der Waals surface area contributed by atoms with Crippen LogP contribution in [-0.2, 0) is 15.1 Å². The highest BCUT2D eigenvalue weighted by atomic mass is 35.5. The minimum atomic E-state index is -1.70. The minimum absolute atomic E-state index is 0.170. The van der Waals surface area contributed by atoms with Crippen LogP contribution in [0.25, 0.3) is 11.0 Å². The van der Waals surface area contributed by atoms with Gasteiger partial charge in [-0.2, -0.15) is 0 Å². The Labute approximate surface area is 179 Å². The predicted molar refractivity (Wildman–Crippen MR) is 112 cm³/mol. The Morgan fingerprint density at radius 2 is 1.83 bits per heavy atom. The Balaban J connectivity index is 1.73. The summed E-state index contributed by atoms with van der Waals surface area (Å²) in [5.74, 6) is -1.29. The Bertz CT molecular complexity index is 1140.